The summed E-state index contributed by atoms with van der Waals surface area (Å²) < 4.78 is 0. The Morgan fingerprint density at radius 3 is 2.33 bits per heavy atom. The number of carbonyl (C=O) groups excluding carboxylic acids is 1. The number of carboxylic acids is 1. The lowest BCUT2D eigenvalue weighted by atomic mass is 10.1. The van der Waals surface area contributed by atoms with Crippen LogP contribution in [0.4, 0.5) is 0 Å². The lowest BCUT2D eigenvalue weighted by Crippen LogP contribution is -2.42. The van der Waals surface area contributed by atoms with E-state index >= 15 is 0 Å². The van der Waals surface area contributed by atoms with Gasteiger partial charge in [0.2, 0.25) is 0 Å². The number of pyridine rings is 1. The van der Waals surface area contributed by atoms with Gasteiger partial charge in [-0.2, -0.15) is 0 Å². The van der Waals surface area contributed by atoms with E-state index in [1.807, 2.05) is 30.3 Å². The summed E-state index contributed by atoms with van der Waals surface area (Å²) >= 11 is 0. The van der Waals surface area contributed by atoms with Crippen molar-refractivity contribution in [1.29, 1.82) is 0 Å². The van der Waals surface area contributed by atoms with Crippen LogP contribution in [0.1, 0.15) is 22.8 Å². The molecule has 0 spiro atoms. The van der Waals surface area contributed by atoms with Gasteiger partial charge in [0.15, 0.2) is 0 Å². The van der Waals surface area contributed by atoms with Gasteiger partial charge in [-0.15, -0.1) is 0 Å². The Hall–Kier alpha value is -2.69. The van der Waals surface area contributed by atoms with Crippen molar-refractivity contribution in [3.8, 4) is 0 Å². The number of aliphatic carboxylic acids is 1. The Morgan fingerprint density at radius 1 is 1.14 bits per heavy atom. The van der Waals surface area contributed by atoms with Gasteiger partial charge in [0.05, 0.1) is 0 Å². The first-order chi connectivity index (χ1) is 10.1. The lowest BCUT2D eigenvalue weighted by Gasteiger charge is -2.26. The zero-order valence-electron chi connectivity index (χ0n) is 11.6. The Bertz CT molecular complexity index is 614. The molecular formula is C16H16N2O3. The Morgan fingerprint density at radius 2 is 1.76 bits per heavy atom. The highest BCUT2D eigenvalue weighted by Gasteiger charge is 2.26. The van der Waals surface area contributed by atoms with Gasteiger partial charge < -0.3 is 10.0 Å². The molecule has 108 valence electrons. The zero-order chi connectivity index (χ0) is 15.2. The van der Waals surface area contributed by atoms with Crippen LogP contribution in [0.2, 0.25) is 0 Å². The van der Waals surface area contributed by atoms with Crippen molar-refractivity contribution in [2.24, 2.45) is 0 Å². The number of hydrogen-bond donors (Lipinski definition) is 1. The van der Waals surface area contributed by atoms with Crippen molar-refractivity contribution in [2.45, 2.75) is 19.5 Å². The first-order valence-corrected chi connectivity index (χ1v) is 6.57. The van der Waals surface area contributed by atoms with E-state index in [1.54, 1.807) is 12.1 Å². The van der Waals surface area contributed by atoms with E-state index in [1.165, 1.54) is 24.2 Å². The molecule has 1 heterocycles. The van der Waals surface area contributed by atoms with E-state index in [0.29, 0.717) is 5.56 Å². The molecule has 0 fully saturated rings. The molecule has 2 aromatic rings. The first kappa shape index (κ1) is 14.7. The average molecular weight is 284 g/mol. The van der Waals surface area contributed by atoms with Gasteiger partial charge in [-0.3, -0.25) is 9.78 Å². The molecule has 1 atom stereocenters. The molecular weight excluding hydrogens is 268 g/mol. The fourth-order valence-electron chi connectivity index (χ4n) is 1.96. The topological polar surface area (TPSA) is 70.5 Å². The largest absolute Gasteiger partial charge is 0.480 e. The van der Waals surface area contributed by atoms with E-state index in [-0.39, 0.29) is 12.5 Å². The van der Waals surface area contributed by atoms with E-state index in [2.05, 4.69) is 4.98 Å². The smallest absolute Gasteiger partial charge is 0.326 e. The van der Waals surface area contributed by atoms with Crippen LogP contribution in [0.5, 0.6) is 0 Å². The summed E-state index contributed by atoms with van der Waals surface area (Å²) in [5.41, 5.74) is 1.31. The number of benzene rings is 1. The molecule has 1 unspecified atom stereocenters. The quantitative estimate of drug-likeness (QED) is 0.913. The van der Waals surface area contributed by atoms with Crippen LogP contribution in [-0.4, -0.2) is 32.9 Å². The Balaban J connectivity index is 2.28. The minimum absolute atomic E-state index is 0.245. The fourth-order valence-corrected chi connectivity index (χ4v) is 1.96. The maximum absolute atomic E-state index is 12.5. The number of amides is 1. The molecule has 1 N–H and O–H groups in total. The van der Waals surface area contributed by atoms with Crippen LogP contribution in [0, 0.1) is 0 Å². The lowest BCUT2D eigenvalue weighted by molar-refractivity contribution is -0.141. The van der Waals surface area contributed by atoms with Crippen LogP contribution < -0.4 is 0 Å². The number of rotatable bonds is 5. The third kappa shape index (κ3) is 3.66. The van der Waals surface area contributed by atoms with Crippen LogP contribution in [0.15, 0.2) is 54.9 Å². The fraction of sp³-hybridized carbons (Fsp3) is 0.188. The Labute approximate surface area is 122 Å². The summed E-state index contributed by atoms with van der Waals surface area (Å²) in [6, 6.07) is 11.6. The Kier molecular flexibility index (Phi) is 4.66. The molecule has 2 rings (SSSR count). The number of carboxylic acid groups (broad SMARTS) is 1. The molecule has 0 saturated heterocycles. The number of aromatic nitrogens is 1. The highest BCUT2D eigenvalue weighted by molar-refractivity contribution is 5.96. The zero-order valence-corrected chi connectivity index (χ0v) is 11.6. The molecule has 1 amide bonds. The van der Waals surface area contributed by atoms with Crippen LogP contribution >= 0.6 is 0 Å². The minimum Gasteiger partial charge on any atom is -0.480 e. The molecule has 5 heteroatoms. The predicted molar refractivity (Wildman–Crippen MR) is 77.7 cm³/mol. The summed E-state index contributed by atoms with van der Waals surface area (Å²) in [7, 11) is 0. The van der Waals surface area contributed by atoms with E-state index < -0.39 is 12.0 Å². The molecule has 0 aliphatic rings. The molecule has 1 aromatic heterocycles. The molecule has 0 aliphatic heterocycles. The van der Waals surface area contributed by atoms with Crippen molar-refractivity contribution in [3.05, 3.63) is 66.0 Å². The monoisotopic (exact) mass is 284 g/mol. The van der Waals surface area contributed by atoms with Gasteiger partial charge in [-0.1, -0.05) is 30.3 Å². The van der Waals surface area contributed by atoms with Crippen molar-refractivity contribution in [2.75, 3.05) is 0 Å². The normalized spacial score (nSPS) is 11.7. The average Bonchev–Trinajstić information content (AvgIpc) is 2.53. The third-order valence-electron chi connectivity index (χ3n) is 3.21. The number of carbonyl (C=O) groups is 2. The summed E-state index contributed by atoms with van der Waals surface area (Å²) in [4.78, 5) is 29.0. The molecule has 5 nitrogen and oxygen atoms in total. The molecule has 0 bridgehead atoms. The van der Waals surface area contributed by atoms with Gasteiger partial charge in [0, 0.05) is 24.5 Å². The molecule has 0 aliphatic carbocycles. The third-order valence-corrected chi connectivity index (χ3v) is 3.21. The van der Waals surface area contributed by atoms with E-state index in [4.69, 9.17) is 0 Å². The summed E-state index contributed by atoms with van der Waals surface area (Å²) in [6.45, 7) is 1.75. The van der Waals surface area contributed by atoms with Gasteiger partial charge in [0.1, 0.15) is 6.04 Å². The maximum Gasteiger partial charge on any atom is 0.326 e. The van der Waals surface area contributed by atoms with E-state index in [0.717, 1.165) is 5.56 Å². The summed E-state index contributed by atoms with van der Waals surface area (Å²) in [5, 5.41) is 9.22. The summed E-state index contributed by atoms with van der Waals surface area (Å²) in [5.74, 6) is -1.36. The van der Waals surface area contributed by atoms with Crippen LogP contribution in [-0.2, 0) is 11.3 Å². The van der Waals surface area contributed by atoms with Crippen molar-refractivity contribution >= 4 is 11.9 Å². The second kappa shape index (κ2) is 6.65. The minimum atomic E-state index is -1.03. The van der Waals surface area contributed by atoms with Crippen molar-refractivity contribution < 1.29 is 14.7 Å². The van der Waals surface area contributed by atoms with Crippen molar-refractivity contribution in [3.63, 3.8) is 0 Å². The summed E-state index contributed by atoms with van der Waals surface area (Å²) in [6.07, 6.45) is 3.03. The van der Waals surface area contributed by atoms with Gasteiger partial charge in [-0.05, 0) is 24.6 Å². The number of hydrogen-bond acceptors (Lipinski definition) is 3. The van der Waals surface area contributed by atoms with Crippen LogP contribution in [0.3, 0.4) is 0 Å². The van der Waals surface area contributed by atoms with Crippen LogP contribution in [0.25, 0.3) is 0 Å². The predicted octanol–water partition coefficient (Wildman–Crippen LogP) is 2.20. The highest BCUT2D eigenvalue weighted by Crippen LogP contribution is 2.13. The van der Waals surface area contributed by atoms with Crippen molar-refractivity contribution in [1.82, 2.24) is 9.88 Å². The second-order valence-corrected chi connectivity index (χ2v) is 4.67. The van der Waals surface area contributed by atoms with Gasteiger partial charge >= 0.3 is 5.97 Å². The standard InChI is InChI=1S/C16H16N2O3/c1-12(16(20)21)18(11-13-5-3-2-4-6-13)15(19)14-7-9-17-10-8-14/h2-10,12H,11H2,1H3,(H,20,21). The van der Waals surface area contributed by atoms with Gasteiger partial charge in [-0.25, -0.2) is 4.79 Å². The maximum atomic E-state index is 12.5. The number of nitrogens with zero attached hydrogens (tertiary/aromatic N) is 2. The second-order valence-electron chi connectivity index (χ2n) is 4.67. The molecule has 21 heavy (non-hydrogen) atoms. The first-order valence-electron chi connectivity index (χ1n) is 6.57. The molecule has 0 saturated carbocycles. The molecule has 0 radical (unpaired) electrons. The SMILES string of the molecule is CC(C(=O)O)N(Cc1ccccc1)C(=O)c1ccncc1. The van der Waals surface area contributed by atoms with Gasteiger partial charge in [0.25, 0.3) is 5.91 Å². The van der Waals surface area contributed by atoms with E-state index in [9.17, 15) is 14.7 Å². The highest BCUT2D eigenvalue weighted by atomic mass is 16.4. The molecule has 1 aromatic carbocycles.